The number of nitrogens with zero attached hydrogens (tertiary/aromatic N) is 3. The summed E-state index contributed by atoms with van der Waals surface area (Å²) in [7, 11) is 1.07. The lowest BCUT2D eigenvalue weighted by Crippen LogP contribution is -2.14. The van der Waals surface area contributed by atoms with Crippen LogP contribution >= 0.6 is 0 Å². The monoisotopic (exact) mass is 387 g/mol. The summed E-state index contributed by atoms with van der Waals surface area (Å²) < 4.78 is 73.8. The predicted octanol–water partition coefficient (Wildman–Crippen LogP) is 3.80. The fourth-order valence-electron chi connectivity index (χ4n) is 2.37. The van der Waals surface area contributed by atoms with Gasteiger partial charge in [0.1, 0.15) is 11.3 Å². The van der Waals surface area contributed by atoms with E-state index >= 15 is 0 Å². The zero-order chi connectivity index (χ0) is 19.8. The second-order valence-electron chi connectivity index (χ2n) is 5.21. The molecule has 0 fully saturated rings. The van der Waals surface area contributed by atoms with Crippen LogP contribution in [-0.4, -0.2) is 34.3 Å². The topological polar surface area (TPSA) is 65.7 Å². The highest BCUT2D eigenvalue weighted by atomic mass is 19.4. The molecule has 0 aliphatic heterocycles. The van der Waals surface area contributed by atoms with Gasteiger partial charge in [0.05, 0.1) is 19.0 Å². The minimum atomic E-state index is -4.78. The maximum Gasteiger partial charge on any atom is 0.433 e. The first kappa shape index (κ1) is 18.5. The number of rotatable bonds is 4. The van der Waals surface area contributed by atoms with Crippen molar-refractivity contribution in [1.82, 2.24) is 14.6 Å². The van der Waals surface area contributed by atoms with Crippen LogP contribution in [0.3, 0.4) is 0 Å². The minimum Gasteiger partial charge on any atom is -0.465 e. The maximum atomic E-state index is 13.4. The Balaban J connectivity index is 2.16. The van der Waals surface area contributed by atoms with Crippen molar-refractivity contribution in [2.45, 2.75) is 12.8 Å². The van der Waals surface area contributed by atoms with E-state index in [1.807, 2.05) is 0 Å². The average Bonchev–Trinajstić information content (AvgIpc) is 3.03. The fraction of sp³-hybridized carbons (Fsp3) is 0.188. The van der Waals surface area contributed by atoms with Crippen molar-refractivity contribution in [3.63, 3.8) is 0 Å². The summed E-state index contributed by atoms with van der Waals surface area (Å²) >= 11 is 0. The molecule has 0 radical (unpaired) electrons. The number of hydrogen-bond acceptors (Lipinski definition) is 5. The number of aromatic nitrogens is 3. The van der Waals surface area contributed by atoms with E-state index in [1.165, 1.54) is 12.1 Å². The van der Waals surface area contributed by atoms with Crippen LogP contribution < -0.4 is 4.74 Å². The summed E-state index contributed by atoms with van der Waals surface area (Å²) in [4.78, 5) is 15.8. The molecule has 0 unspecified atom stereocenters. The summed E-state index contributed by atoms with van der Waals surface area (Å²) in [5.74, 6) is -1.06. The summed E-state index contributed by atoms with van der Waals surface area (Å²) in [6, 6.07) is 5.61. The first-order valence-corrected chi connectivity index (χ1v) is 7.30. The molecule has 0 N–H and O–H groups in total. The van der Waals surface area contributed by atoms with Gasteiger partial charge in [0.25, 0.3) is 0 Å². The molecule has 0 aliphatic carbocycles. The Hall–Kier alpha value is -3.24. The van der Waals surface area contributed by atoms with E-state index < -0.39 is 24.5 Å². The van der Waals surface area contributed by atoms with Crippen molar-refractivity contribution >= 4 is 11.6 Å². The maximum absolute atomic E-state index is 13.4. The Morgan fingerprint density at radius 2 is 1.85 bits per heavy atom. The van der Waals surface area contributed by atoms with E-state index in [1.54, 1.807) is 0 Å². The number of esters is 1. The lowest BCUT2D eigenvalue weighted by molar-refractivity contribution is -0.142. The number of ether oxygens (including phenoxy) is 2. The molecule has 142 valence electrons. The van der Waals surface area contributed by atoms with Gasteiger partial charge in [-0.2, -0.15) is 27.1 Å². The fourth-order valence-corrected chi connectivity index (χ4v) is 2.37. The molecular weight excluding hydrogens is 377 g/mol. The van der Waals surface area contributed by atoms with Gasteiger partial charge in [-0.25, -0.2) is 14.3 Å². The van der Waals surface area contributed by atoms with Crippen LogP contribution in [0, 0.1) is 0 Å². The highest BCUT2D eigenvalue weighted by molar-refractivity contribution is 5.95. The summed E-state index contributed by atoms with van der Waals surface area (Å²) in [5, 5.41) is 3.57. The van der Waals surface area contributed by atoms with Gasteiger partial charge < -0.3 is 9.47 Å². The van der Waals surface area contributed by atoms with E-state index in [0.29, 0.717) is 4.52 Å². The smallest absolute Gasteiger partial charge is 0.433 e. The van der Waals surface area contributed by atoms with Crippen LogP contribution in [0.25, 0.3) is 16.9 Å². The molecular formula is C16H10F5N3O3. The van der Waals surface area contributed by atoms with Crippen LogP contribution in [0.15, 0.2) is 36.5 Å². The van der Waals surface area contributed by atoms with Crippen LogP contribution in [0.5, 0.6) is 5.75 Å². The van der Waals surface area contributed by atoms with Crippen molar-refractivity contribution in [2.24, 2.45) is 0 Å². The van der Waals surface area contributed by atoms with Crippen molar-refractivity contribution in [3.8, 4) is 17.0 Å². The Labute approximate surface area is 148 Å². The molecule has 2 heterocycles. The molecule has 0 spiro atoms. The molecule has 0 aliphatic rings. The lowest BCUT2D eigenvalue weighted by Gasteiger charge is -2.12. The van der Waals surface area contributed by atoms with Gasteiger partial charge in [0, 0.05) is 5.56 Å². The van der Waals surface area contributed by atoms with Gasteiger partial charge in [0.2, 0.25) is 0 Å². The molecule has 0 amide bonds. The highest BCUT2D eigenvalue weighted by Crippen LogP contribution is 2.33. The van der Waals surface area contributed by atoms with Crippen LogP contribution in [0.2, 0.25) is 0 Å². The SMILES string of the molecule is COC(=O)c1cnn2c(C(F)(F)F)cc(-c3ccc(OC(F)F)cc3)nc12. The molecule has 3 rings (SSSR count). The van der Waals surface area contributed by atoms with Crippen LogP contribution in [0.1, 0.15) is 16.1 Å². The number of carbonyl (C=O) groups excluding carboxylic acids is 1. The predicted molar refractivity (Wildman–Crippen MR) is 81.4 cm³/mol. The number of hydrogen-bond donors (Lipinski definition) is 0. The van der Waals surface area contributed by atoms with Gasteiger partial charge in [-0.05, 0) is 30.3 Å². The van der Waals surface area contributed by atoms with Gasteiger partial charge in [-0.3, -0.25) is 0 Å². The van der Waals surface area contributed by atoms with Gasteiger partial charge in [-0.1, -0.05) is 0 Å². The zero-order valence-corrected chi connectivity index (χ0v) is 13.5. The molecule has 27 heavy (non-hydrogen) atoms. The Morgan fingerprint density at radius 1 is 1.19 bits per heavy atom. The molecule has 1 aromatic carbocycles. The third-order valence-electron chi connectivity index (χ3n) is 3.54. The molecule has 6 nitrogen and oxygen atoms in total. The number of alkyl halides is 5. The third kappa shape index (κ3) is 3.66. The first-order chi connectivity index (χ1) is 12.7. The van der Waals surface area contributed by atoms with E-state index in [-0.39, 0.29) is 28.2 Å². The minimum absolute atomic E-state index is 0.135. The molecule has 11 heteroatoms. The third-order valence-corrected chi connectivity index (χ3v) is 3.54. The van der Waals surface area contributed by atoms with E-state index in [2.05, 4.69) is 19.6 Å². The molecule has 0 bridgehead atoms. The first-order valence-electron chi connectivity index (χ1n) is 7.30. The Bertz CT molecular complexity index is 983. The van der Waals surface area contributed by atoms with E-state index in [0.717, 1.165) is 31.5 Å². The quantitative estimate of drug-likeness (QED) is 0.503. The number of halogens is 5. The summed E-state index contributed by atoms with van der Waals surface area (Å²) in [5.41, 5.74) is -1.70. The number of methoxy groups -OCH3 is 1. The number of carbonyl (C=O) groups is 1. The van der Waals surface area contributed by atoms with Crippen molar-refractivity contribution in [2.75, 3.05) is 7.11 Å². The normalized spacial score (nSPS) is 11.8. The zero-order valence-electron chi connectivity index (χ0n) is 13.5. The molecule has 0 atom stereocenters. The summed E-state index contributed by atoms with van der Waals surface area (Å²) in [6.07, 6.45) is -3.86. The standard InChI is InChI=1S/C16H10F5N3O3/c1-26-14(25)10-7-22-24-12(16(19,20)21)6-11(23-13(10)24)8-2-4-9(5-3-8)27-15(17)18/h2-7,15H,1H3. The van der Waals surface area contributed by atoms with Gasteiger partial charge in [0.15, 0.2) is 11.3 Å². The van der Waals surface area contributed by atoms with E-state index in [4.69, 9.17) is 0 Å². The van der Waals surface area contributed by atoms with Crippen molar-refractivity contribution in [3.05, 3.63) is 47.8 Å². The Kier molecular flexibility index (Phi) is 4.68. The molecule has 3 aromatic rings. The number of benzene rings is 1. The second-order valence-corrected chi connectivity index (χ2v) is 5.21. The van der Waals surface area contributed by atoms with E-state index in [9.17, 15) is 26.7 Å². The van der Waals surface area contributed by atoms with Crippen molar-refractivity contribution in [1.29, 1.82) is 0 Å². The van der Waals surface area contributed by atoms with Gasteiger partial charge >= 0.3 is 18.8 Å². The summed E-state index contributed by atoms with van der Waals surface area (Å²) in [6.45, 7) is -3.03. The molecule has 0 saturated heterocycles. The van der Waals surface area contributed by atoms with Crippen LogP contribution in [0.4, 0.5) is 22.0 Å². The average molecular weight is 387 g/mol. The molecule has 2 aromatic heterocycles. The second kappa shape index (κ2) is 6.82. The molecule has 0 saturated carbocycles. The largest absolute Gasteiger partial charge is 0.465 e. The lowest BCUT2D eigenvalue weighted by atomic mass is 10.1. The Morgan fingerprint density at radius 3 is 2.41 bits per heavy atom. The van der Waals surface area contributed by atoms with Crippen LogP contribution in [-0.2, 0) is 10.9 Å². The van der Waals surface area contributed by atoms with Crippen molar-refractivity contribution < 1.29 is 36.2 Å². The number of fused-ring (bicyclic) bond motifs is 1. The highest BCUT2D eigenvalue weighted by Gasteiger charge is 2.36. The van der Waals surface area contributed by atoms with Gasteiger partial charge in [-0.15, -0.1) is 0 Å².